The minimum atomic E-state index is -0.0104. The van der Waals surface area contributed by atoms with E-state index in [0.717, 1.165) is 34.6 Å². The Bertz CT molecular complexity index is 745. The van der Waals surface area contributed by atoms with Crippen molar-refractivity contribution in [1.29, 1.82) is 0 Å². The average molecular weight is 326 g/mol. The van der Waals surface area contributed by atoms with Crippen molar-refractivity contribution in [3.8, 4) is 11.5 Å². The summed E-state index contributed by atoms with van der Waals surface area (Å²) >= 11 is 0. The maximum Gasteiger partial charge on any atom is 0.224 e. The van der Waals surface area contributed by atoms with Crippen LogP contribution in [0.25, 0.3) is 0 Å². The number of aromatic nitrogens is 1. The zero-order valence-electron chi connectivity index (χ0n) is 14.2. The van der Waals surface area contributed by atoms with Gasteiger partial charge < -0.3 is 14.8 Å². The molecule has 1 aromatic carbocycles. The molecule has 0 spiro atoms. The molecule has 1 fully saturated rings. The molecule has 0 saturated heterocycles. The number of hydrogen-bond acceptors (Lipinski definition) is 4. The Morgan fingerprint density at radius 1 is 1.25 bits per heavy atom. The minimum absolute atomic E-state index is 0.0104. The third-order valence-electron chi connectivity index (χ3n) is 4.36. The third-order valence-corrected chi connectivity index (χ3v) is 4.36. The standard InChI is InChI=1S/C19H22N2O3/c1-12-6-13(10-20-9-12)11-21-19(22)17-8-15(17)16-7-14(23-2)4-5-18(16)24-3/h4-7,9-10,15,17H,8,11H2,1-3H3,(H,21,22)/t15-,17+/m0/s1. The van der Waals surface area contributed by atoms with Crippen molar-refractivity contribution in [3.63, 3.8) is 0 Å². The number of amides is 1. The Morgan fingerprint density at radius 3 is 2.79 bits per heavy atom. The van der Waals surface area contributed by atoms with Gasteiger partial charge in [-0.1, -0.05) is 6.07 Å². The Balaban J connectivity index is 1.63. The number of ether oxygens (including phenoxy) is 2. The summed E-state index contributed by atoms with van der Waals surface area (Å²) in [5.41, 5.74) is 3.14. The highest BCUT2D eigenvalue weighted by atomic mass is 16.5. The highest BCUT2D eigenvalue weighted by molar-refractivity contribution is 5.83. The van der Waals surface area contributed by atoms with Crippen LogP contribution in [0.5, 0.6) is 11.5 Å². The van der Waals surface area contributed by atoms with Crippen molar-refractivity contribution in [2.45, 2.75) is 25.8 Å². The molecule has 0 unspecified atom stereocenters. The van der Waals surface area contributed by atoms with E-state index in [9.17, 15) is 4.79 Å². The first-order valence-corrected chi connectivity index (χ1v) is 8.02. The van der Waals surface area contributed by atoms with Gasteiger partial charge in [0.25, 0.3) is 0 Å². The number of hydrogen-bond donors (Lipinski definition) is 1. The summed E-state index contributed by atoms with van der Waals surface area (Å²) in [4.78, 5) is 16.5. The molecule has 0 bridgehead atoms. The molecule has 1 aliphatic rings. The smallest absolute Gasteiger partial charge is 0.224 e. The van der Waals surface area contributed by atoms with Gasteiger partial charge in [-0.05, 0) is 42.7 Å². The van der Waals surface area contributed by atoms with Crippen LogP contribution in [0, 0.1) is 12.8 Å². The van der Waals surface area contributed by atoms with E-state index in [1.807, 2.05) is 31.2 Å². The first-order valence-electron chi connectivity index (χ1n) is 8.02. The second-order valence-electron chi connectivity index (χ2n) is 6.14. The highest BCUT2D eigenvalue weighted by Crippen LogP contribution is 2.51. The molecule has 2 atom stereocenters. The number of carbonyl (C=O) groups excluding carboxylic acids is 1. The fourth-order valence-corrected chi connectivity index (χ4v) is 2.99. The van der Waals surface area contributed by atoms with E-state index in [2.05, 4.69) is 10.3 Å². The molecule has 5 heteroatoms. The van der Waals surface area contributed by atoms with Crippen LogP contribution in [0.2, 0.25) is 0 Å². The SMILES string of the molecule is COc1ccc(OC)c([C@@H]2C[C@H]2C(=O)NCc2cncc(C)c2)c1. The minimum Gasteiger partial charge on any atom is -0.497 e. The molecule has 2 aromatic rings. The van der Waals surface area contributed by atoms with E-state index in [1.54, 1.807) is 26.6 Å². The van der Waals surface area contributed by atoms with Gasteiger partial charge in [-0.3, -0.25) is 9.78 Å². The second-order valence-corrected chi connectivity index (χ2v) is 6.14. The van der Waals surface area contributed by atoms with E-state index in [-0.39, 0.29) is 17.7 Å². The predicted molar refractivity (Wildman–Crippen MR) is 91.2 cm³/mol. The molecule has 1 amide bonds. The molecule has 1 aliphatic carbocycles. The van der Waals surface area contributed by atoms with Crippen LogP contribution in [-0.4, -0.2) is 25.1 Å². The normalized spacial score (nSPS) is 18.8. The van der Waals surface area contributed by atoms with E-state index in [4.69, 9.17) is 9.47 Å². The molecule has 1 aromatic heterocycles. The van der Waals surface area contributed by atoms with Gasteiger partial charge in [0.05, 0.1) is 14.2 Å². The lowest BCUT2D eigenvalue weighted by Gasteiger charge is -2.10. The zero-order chi connectivity index (χ0) is 17.1. The van der Waals surface area contributed by atoms with Crippen LogP contribution in [0.15, 0.2) is 36.7 Å². The van der Waals surface area contributed by atoms with Crippen molar-refractivity contribution in [2.24, 2.45) is 5.92 Å². The van der Waals surface area contributed by atoms with Gasteiger partial charge in [-0.25, -0.2) is 0 Å². The summed E-state index contributed by atoms with van der Waals surface area (Å²) in [6.07, 6.45) is 4.42. The van der Waals surface area contributed by atoms with Crippen LogP contribution < -0.4 is 14.8 Å². The number of methoxy groups -OCH3 is 2. The molecule has 1 heterocycles. The number of benzene rings is 1. The van der Waals surface area contributed by atoms with Crippen LogP contribution in [0.4, 0.5) is 0 Å². The van der Waals surface area contributed by atoms with Crippen molar-refractivity contribution >= 4 is 5.91 Å². The molecule has 1 saturated carbocycles. The van der Waals surface area contributed by atoms with Gasteiger partial charge in [-0.2, -0.15) is 0 Å². The van der Waals surface area contributed by atoms with Gasteiger partial charge in [0.2, 0.25) is 5.91 Å². The van der Waals surface area contributed by atoms with E-state index in [1.165, 1.54) is 0 Å². The predicted octanol–water partition coefficient (Wildman–Crippen LogP) is 2.83. The third kappa shape index (κ3) is 3.50. The monoisotopic (exact) mass is 326 g/mol. The van der Waals surface area contributed by atoms with Crippen molar-refractivity contribution in [3.05, 3.63) is 53.3 Å². The van der Waals surface area contributed by atoms with E-state index in [0.29, 0.717) is 6.54 Å². The van der Waals surface area contributed by atoms with Crippen molar-refractivity contribution in [2.75, 3.05) is 14.2 Å². The molecule has 5 nitrogen and oxygen atoms in total. The van der Waals surface area contributed by atoms with Gasteiger partial charge in [-0.15, -0.1) is 0 Å². The van der Waals surface area contributed by atoms with Crippen LogP contribution in [-0.2, 0) is 11.3 Å². The van der Waals surface area contributed by atoms with Gasteiger partial charge in [0, 0.05) is 36.3 Å². The van der Waals surface area contributed by atoms with E-state index >= 15 is 0 Å². The molecule has 126 valence electrons. The Labute approximate surface area is 142 Å². The summed E-state index contributed by atoms with van der Waals surface area (Å²) in [5.74, 6) is 1.84. The van der Waals surface area contributed by atoms with Crippen LogP contribution in [0.3, 0.4) is 0 Å². The second kappa shape index (κ2) is 6.91. The molecule has 0 aliphatic heterocycles. The molecule has 3 rings (SSSR count). The number of aryl methyl sites for hydroxylation is 1. The van der Waals surface area contributed by atoms with Crippen LogP contribution in [0.1, 0.15) is 29.0 Å². The van der Waals surface area contributed by atoms with Gasteiger partial charge in [0.1, 0.15) is 11.5 Å². The largest absolute Gasteiger partial charge is 0.497 e. The average Bonchev–Trinajstić information content (AvgIpc) is 3.40. The number of pyridine rings is 1. The molecular formula is C19H22N2O3. The van der Waals surface area contributed by atoms with Gasteiger partial charge >= 0.3 is 0 Å². The van der Waals surface area contributed by atoms with Gasteiger partial charge in [0.15, 0.2) is 0 Å². The lowest BCUT2D eigenvalue weighted by molar-refractivity contribution is -0.122. The Morgan fingerprint density at radius 2 is 2.08 bits per heavy atom. The fourth-order valence-electron chi connectivity index (χ4n) is 2.99. The Kier molecular flexibility index (Phi) is 4.69. The lowest BCUT2D eigenvalue weighted by atomic mass is 10.1. The zero-order valence-corrected chi connectivity index (χ0v) is 14.2. The lowest BCUT2D eigenvalue weighted by Crippen LogP contribution is -2.25. The number of nitrogens with one attached hydrogen (secondary N) is 1. The quantitative estimate of drug-likeness (QED) is 0.887. The summed E-state index contributed by atoms with van der Waals surface area (Å²) in [6.45, 7) is 2.50. The molecular weight excluding hydrogens is 304 g/mol. The van der Waals surface area contributed by atoms with Crippen LogP contribution >= 0.6 is 0 Å². The maximum atomic E-state index is 12.4. The first-order chi connectivity index (χ1) is 11.6. The number of nitrogens with zero attached hydrogens (tertiary/aromatic N) is 1. The van der Waals surface area contributed by atoms with Crippen molar-refractivity contribution in [1.82, 2.24) is 10.3 Å². The molecule has 1 N–H and O–H groups in total. The number of rotatable bonds is 6. The van der Waals surface area contributed by atoms with Crippen molar-refractivity contribution < 1.29 is 14.3 Å². The number of carbonyl (C=O) groups is 1. The summed E-state index contributed by atoms with van der Waals surface area (Å²) in [7, 11) is 3.28. The molecule has 0 radical (unpaired) electrons. The maximum absolute atomic E-state index is 12.4. The summed E-state index contributed by atoms with van der Waals surface area (Å²) < 4.78 is 10.7. The topological polar surface area (TPSA) is 60.5 Å². The summed E-state index contributed by atoms with van der Waals surface area (Å²) in [5, 5.41) is 3.00. The first kappa shape index (κ1) is 16.3. The fraction of sp³-hybridized carbons (Fsp3) is 0.368. The summed E-state index contributed by atoms with van der Waals surface area (Å²) in [6, 6.07) is 7.74. The highest BCUT2D eigenvalue weighted by Gasteiger charge is 2.45. The Hall–Kier alpha value is -2.56. The van der Waals surface area contributed by atoms with E-state index < -0.39 is 0 Å². The molecule has 24 heavy (non-hydrogen) atoms.